The summed E-state index contributed by atoms with van der Waals surface area (Å²) >= 11 is 2.32. The van der Waals surface area contributed by atoms with Crippen LogP contribution in [0.25, 0.3) is 10.9 Å². The quantitative estimate of drug-likeness (QED) is 0.522. The van der Waals surface area contributed by atoms with E-state index in [2.05, 4.69) is 42.8 Å². The maximum Gasteiger partial charge on any atom is 0.323 e. The van der Waals surface area contributed by atoms with Crippen LogP contribution in [0.1, 0.15) is 0 Å². The van der Waals surface area contributed by atoms with Crippen molar-refractivity contribution in [3.8, 4) is 0 Å². The first-order valence-electron chi connectivity index (χ1n) is 6.39. The summed E-state index contributed by atoms with van der Waals surface area (Å²) in [6, 6.07) is 11.2. The van der Waals surface area contributed by atoms with Crippen molar-refractivity contribution in [2.45, 2.75) is 4.55 Å². The zero-order valence-corrected chi connectivity index (χ0v) is 13.2. The third-order valence-corrected chi connectivity index (χ3v) is 3.81. The Morgan fingerprint density at radius 3 is 2.81 bits per heavy atom. The SMILES string of the molecule is O=C(Nc1cccnc1)Nc1ccc2c(ccn2CI)c1. The van der Waals surface area contributed by atoms with Gasteiger partial charge in [0.2, 0.25) is 0 Å². The minimum Gasteiger partial charge on any atom is -0.338 e. The lowest BCUT2D eigenvalue weighted by Crippen LogP contribution is -2.19. The number of rotatable bonds is 3. The smallest absolute Gasteiger partial charge is 0.323 e. The van der Waals surface area contributed by atoms with Crippen molar-refractivity contribution >= 4 is 50.9 Å². The lowest BCUT2D eigenvalue weighted by atomic mass is 10.2. The largest absolute Gasteiger partial charge is 0.338 e. The number of carbonyl (C=O) groups excluding carboxylic acids is 1. The molecule has 3 aromatic rings. The summed E-state index contributed by atoms with van der Waals surface area (Å²) in [6.45, 7) is 0. The van der Waals surface area contributed by atoms with E-state index in [0.717, 1.165) is 21.1 Å². The standard InChI is InChI=1S/C15H13IN4O/c16-10-20-7-5-11-8-12(3-4-14(11)20)18-15(21)19-13-2-1-6-17-9-13/h1-9H,10H2,(H2,18,19,21). The Morgan fingerprint density at radius 1 is 1.19 bits per heavy atom. The molecule has 0 aliphatic rings. The van der Waals surface area contributed by atoms with Crippen LogP contribution in [-0.2, 0) is 4.55 Å². The van der Waals surface area contributed by atoms with Gasteiger partial charge in [-0.15, -0.1) is 0 Å². The van der Waals surface area contributed by atoms with Crippen molar-refractivity contribution in [3.63, 3.8) is 0 Å². The lowest BCUT2D eigenvalue weighted by molar-refractivity contribution is 0.262. The van der Waals surface area contributed by atoms with Crippen LogP contribution in [0.5, 0.6) is 0 Å². The Kier molecular flexibility index (Phi) is 4.05. The maximum atomic E-state index is 11.9. The Balaban J connectivity index is 1.74. The molecule has 0 aliphatic carbocycles. The van der Waals surface area contributed by atoms with Gasteiger partial charge in [0, 0.05) is 29.0 Å². The van der Waals surface area contributed by atoms with Crippen LogP contribution in [0, 0.1) is 0 Å². The molecular formula is C15H13IN4O. The fourth-order valence-electron chi connectivity index (χ4n) is 2.11. The number of urea groups is 1. The van der Waals surface area contributed by atoms with E-state index in [1.807, 2.05) is 30.5 Å². The second-order valence-corrected chi connectivity index (χ2v) is 5.18. The Bertz CT molecular complexity index is 770. The Morgan fingerprint density at radius 2 is 2.05 bits per heavy atom. The summed E-state index contributed by atoms with van der Waals surface area (Å²) in [5.41, 5.74) is 2.57. The zero-order chi connectivity index (χ0) is 14.7. The molecule has 0 saturated carbocycles. The van der Waals surface area contributed by atoms with E-state index >= 15 is 0 Å². The minimum atomic E-state index is -0.282. The van der Waals surface area contributed by atoms with Gasteiger partial charge in [-0.05, 0) is 36.4 Å². The maximum absolute atomic E-state index is 11.9. The normalized spacial score (nSPS) is 10.5. The number of pyridine rings is 1. The van der Waals surface area contributed by atoms with Gasteiger partial charge in [-0.1, -0.05) is 22.6 Å². The minimum absolute atomic E-state index is 0.282. The monoisotopic (exact) mass is 392 g/mol. The molecule has 0 aliphatic heterocycles. The van der Waals surface area contributed by atoms with Crippen LogP contribution in [0.3, 0.4) is 0 Å². The van der Waals surface area contributed by atoms with Crippen LogP contribution in [-0.4, -0.2) is 15.6 Å². The summed E-state index contributed by atoms with van der Waals surface area (Å²) < 4.78 is 3.05. The van der Waals surface area contributed by atoms with Gasteiger partial charge < -0.3 is 15.2 Å². The summed E-state index contributed by atoms with van der Waals surface area (Å²) in [5, 5.41) is 6.66. The van der Waals surface area contributed by atoms with Crippen molar-refractivity contribution in [3.05, 3.63) is 55.0 Å². The third kappa shape index (κ3) is 3.15. The number of anilines is 2. The third-order valence-electron chi connectivity index (χ3n) is 3.08. The van der Waals surface area contributed by atoms with Gasteiger partial charge in [0.1, 0.15) is 0 Å². The fraction of sp³-hybridized carbons (Fsp3) is 0.0667. The van der Waals surface area contributed by atoms with E-state index in [0.29, 0.717) is 5.69 Å². The number of hydrogen-bond donors (Lipinski definition) is 2. The van der Waals surface area contributed by atoms with E-state index < -0.39 is 0 Å². The molecule has 0 fully saturated rings. The molecule has 2 amide bonds. The summed E-state index contributed by atoms with van der Waals surface area (Å²) in [4.78, 5) is 15.9. The molecule has 2 aromatic heterocycles. The summed E-state index contributed by atoms with van der Waals surface area (Å²) in [5.74, 6) is 0. The molecule has 6 heteroatoms. The topological polar surface area (TPSA) is 59.0 Å². The molecule has 2 heterocycles. The molecule has 106 valence electrons. The first-order chi connectivity index (χ1) is 10.3. The summed E-state index contributed by atoms with van der Waals surface area (Å²) in [6.07, 6.45) is 5.30. The molecule has 0 saturated heterocycles. The Hall–Kier alpha value is -2.09. The van der Waals surface area contributed by atoms with E-state index in [9.17, 15) is 4.79 Å². The highest BCUT2D eigenvalue weighted by atomic mass is 127. The number of halogens is 1. The number of aromatic nitrogens is 2. The van der Waals surface area contributed by atoms with Gasteiger partial charge in [-0.25, -0.2) is 4.79 Å². The van der Waals surface area contributed by atoms with Gasteiger partial charge in [0.25, 0.3) is 0 Å². The molecule has 1 aromatic carbocycles. The molecule has 3 rings (SSSR count). The van der Waals surface area contributed by atoms with Crippen molar-refractivity contribution < 1.29 is 4.79 Å². The molecule has 0 atom stereocenters. The van der Waals surface area contributed by atoms with Gasteiger partial charge in [-0.3, -0.25) is 4.98 Å². The molecule has 0 radical (unpaired) electrons. The van der Waals surface area contributed by atoms with E-state index in [1.54, 1.807) is 24.5 Å². The van der Waals surface area contributed by atoms with Crippen LogP contribution in [0.2, 0.25) is 0 Å². The van der Waals surface area contributed by atoms with Crippen molar-refractivity contribution in [1.82, 2.24) is 9.55 Å². The Labute approximate surface area is 135 Å². The van der Waals surface area contributed by atoms with Crippen molar-refractivity contribution in [1.29, 1.82) is 0 Å². The molecule has 0 bridgehead atoms. The van der Waals surface area contributed by atoms with Crippen LogP contribution < -0.4 is 10.6 Å². The van der Waals surface area contributed by atoms with Gasteiger partial charge in [-0.2, -0.15) is 0 Å². The zero-order valence-electron chi connectivity index (χ0n) is 11.1. The second-order valence-electron chi connectivity index (χ2n) is 4.50. The van der Waals surface area contributed by atoms with Gasteiger partial charge >= 0.3 is 6.03 Å². The highest BCUT2D eigenvalue weighted by molar-refractivity contribution is 14.1. The van der Waals surface area contributed by atoms with E-state index in [-0.39, 0.29) is 6.03 Å². The average molecular weight is 392 g/mol. The molecule has 0 unspecified atom stereocenters. The van der Waals surface area contributed by atoms with Crippen molar-refractivity contribution in [2.24, 2.45) is 0 Å². The second kappa shape index (κ2) is 6.13. The molecule has 0 spiro atoms. The highest BCUT2D eigenvalue weighted by Gasteiger charge is 2.05. The number of hydrogen-bond acceptors (Lipinski definition) is 2. The van der Waals surface area contributed by atoms with Crippen LogP contribution >= 0.6 is 22.6 Å². The number of nitrogens with zero attached hydrogens (tertiary/aromatic N) is 2. The predicted octanol–water partition coefficient (Wildman–Crippen LogP) is 4.07. The number of fused-ring (bicyclic) bond motifs is 1. The fourth-order valence-corrected chi connectivity index (χ4v) is 2.71. The summed E-state index contributed by atoms with van der Waals surface area (Å²) in [7, 11) is 0. The molecule has 21 heavy (non-hydrogen) atoms. The predicted molar refractivity (Wildman–Crippen MR) is 92.8 cm³/mol. The number of nitrogens with one attached hydrogen (secondary N) is 2. The van der Waals surface area contributed by atoms with E-state index in [4.69, 9.17) is 0 Å². The first-order valence-corrected chi connectivity index (χ1v) is 7.92. The number of amides is 2. The average Bonchev–Trinajstić information content (AvgIpc) is 2.90. The molecule has 5 nitrogen and oxygen atoms in total. The van der Waals surface area contributed by atoms with Crippen LogP contribution in [0.4, 0.5) is 16.2 Å². The van der Waals surface area contributed by atoms with Gasteiger partial charge in [0.15, 0.2) is 0 Å². The van der Waals surface area contributed by atoms with Crippen LogP contribution in [0.15, 0.2) is 55.0 Å². The number of benzene rings is 1. The molecular weight excluding hydrogens is 379 g/mol. The van der Waals surface area contributed by atoms with Gasteiger partial charge in [0.05, 0.1) is 16.4 Å². The molecule has 2 N–H and O–H groups in total. The number of carbonyl (C=O) groups is 1. The first kappa shape index (κ1) is 13.9. The van der Waals surface area contributed by atoms with Crippen molar-refractivity contribution in [2.75, 3.05) is 10.6 Å². The number of alkyl halides is 1. The van der Waals surface area contributed by atoms with E-state index in [1.165, 1.54) is 0 Å². The lowest BCUT2D eigenvalue weighted by Gasteiger charge is -2.08. The highest BCUT2D eigenvalue weighted by Crippen LogP contribution is 2.21.